The first-order valence-corrected chi connectivity index (χ1v) is 5.73. The lowest BCUT2D eigenvalue weighted by molar-refractivity contribution is 0.102. The van der Waals surface area contributed by atoms with E-state index in [9.17, 15) is 4.79 Å². The summed E-state index contributed by atoms with van der Waals surface area (Å²) in [5, 5.41) is 8.22. The lowest BCUT2D eigenvalue weighted by Gasteiger charge is -2.06. The van der Waals surface area contributed by atoms with Gasteiger partial charge in [0.05, 0.1) is 25.1 Å². The molecule has 0 aliphatic rings. The Kier molecular flexibility index (Phi) is 3.18. The van der Waals surface area contributed by atoms with Crippen molar-refractivity contribution in [1.82, 2.24) is 19.6 Å². The molecule has 2 aromatic heterocycles. The average molecular weight is 248 g/mol. The number of ether oxygens (including phenoxy) is 1. The molecule has 0 amide bonds. The molecule has 0 aliphatic carbocycles. The number of carbonyl (C=O) groups is 1. The van der Waals surface area contributed by atoms with Crippen LogP contribution in [0.25, 0.3) is 0 Å². The first-order valence-electron chi connectivity index (χ1n) is 5.73. The van der Waals surface area contributed by atoms with Gasteiger partial charge in [-0.2, -0.15) is 10.2 Å². The average Bonchev–Trinajstić information content (AvgIpc) is 2.93. The minimum absolute atomic E-state index is 0.114. The summed E-state index contributed by atoms with van der Waals surface area (Å²) < 4.78 is 8.49. The standard InChI is InChI=1S/C12H16N4O2/c1-5-16-11(10(18-4)7-14-16)12(17)9-6-13-15(3)8(9)2/h6-7H,5H2,1-4H3. The predicted molar refractivity (Wildman–Crippen MR) is 65.8 cm³/mol. The lowest BCUT2D eigenvalue weighted by atomic mass is 10.1. The van der Waals surface area contributed by atoms with E-state index in [0.717, 1.165) is 5.69 Å². The fourth-order valence-electron chi connectivity index (χ4n) is 1.84. The highest BCUT2D eigenvalue weighted by atomic mass is 16.5. The summed E-state index contributed by atoms with van der Waals surface area (Å²) in [6, 6.07) is 0. The Morgan fingerprint density at radius 3 is 2.61 bits per heavy atom. The number of rotatable bonds is 4. The number of methoxy groups -OCH3 is 1. The number of aryl methyl sites for hydroxylation is 2. The summed E-state index contributed by atoms with van der Waals surface area (Å²) in [7, 11) is 3.34. The molecule has 2 heterocycles. The van der Waals surface area contributed by atoms with Crippen LogP contribution in [0.4, 0.5) is 0 Å². The SMILES string of the molecule is CCn1ncc(OC)c1C(=O)c1cnn(C)c1C. The number of carbonyl (C=O) groups excluding carboxylic acids is 1. The van der Waals surface area contributed by atoms with Gasteiger partial charge in [-0.05, 0) is 13.8 Å². The molecule has 0 aromatic carbocycles. The van der Waals surface area contributed by atoms with Gasteiger partial charge in [0.1, 0.15) is 0 Å². The number of hydrogen-bond donors (Lipinski definition) is 0. The molecule has 0 atom stereocenters. The maximum absolute atomic E-state index is 12.5. The highest BCUT2D eigenvalue weighted by Gasteiger charge is 2.23. The Balaban J connectivity index is 2.51. The fourth-order valence-corrected chi connectivity index (χ4v) is 1.84. The van der Waals surface area contributed by atoms with Crippen LogP contribution >= 0.6 is 0 Å². The molecule has 96 valence electrons. The zero-order chi connectivity index (χ0) is 13.3. The lowest BCUT2D eigenvalue weighted by Crippen LogP contribution is -2.12. The van der Waals surface area contributed by atoms with Gasteiger partial charge in [-0.15, -0.1) is 0 Å². The summed E-state index contributed by atoms with van der Waals surface area (Å²) in [5.41, 5.74) is 1.87. The van der Waals surface area contributed by atoms with Crippen LogP contribution in [0.2, 0.25) is 0 Å². The van der Waals surface area contributed by atoms with Crippen molar-refractivity contribution in [2.24, 2.45) is 7.05 Å². The van der Waals surface area contributed by atoms with Crippen LogP contribution in [0.5, 0.6) is 5.75 Å². The zero-order valence-electron chi connectivity index (χ0n) is 11.0. The molecule has 0 N–H and O–H groups in total. The van der Waals surface area contributed by atoms with E-state index in [4.69, 9.17) is 4.74 Å². The second-order valence-electron chi connectivity index (χ2n) is 3.97. The second-order valence-corrected chi connectivity index (χ2v) is 3.97. The van der Waals surface area contributed by atoms with Crippen molar-refractivity contribution in [2.75, 3.05) is 7.11 Å². The molecule has 0 fully saturated rings. The topological polar surface area (TPSA) is 61.9 Å². The van der Waals surface area contributed by atoms with Gasteiger partial charge in [0.25, 0.3) is 0 Å². The maximum Gasteiger partial charge on any atom is 0.218 e. The van der Waals surface area contributed by atoms with Gasteiger partial charge in [-0.25, -0.2) is 0 Å². The third kappa shape index (κ3) is 1.79. The Hall–Kier alpha value is -2.11. The van der Waals surface area contributed by atoms with E-state index in [1.54, 1.807) is 28.8 Å². The van der Waals surface area contributed by atoms with E-state index in [1.165, 1.54) is 7.11 Å². The molecule has 2 aromatic rings. The molecule has 6 nitrogen and oxygen atoms in total. The third-order valence-electron chi connectivity index (χ3n) is 3.02. The monoisotopic (exact) mass is 248 g/mol. The second kappa shape index (κ2) is 4.64. The number of ketones is 1. The van der Waals surface area contributed by atoms with E-state index >= 15 is 0 Å². The largest absolute Gasteiger partial charge is 0.493 e. The van der Waals surface area contributed by atoms with Crippen molar-refractivity contribution in [2.45, 2.75) is 20.4 Å². The minimum Gasteiger partial charge on any atom is -0.493 e. The van der Waals surface area contributed by atoms with Gasteiger partial charge in [-0.1, -0.05) is 0 Å². The van der Waals surface area contributed by atoms with Crippen LogP contribution in [0.3, 0.4) is 0 Å². The predicted octanol–water partition coefficient (Wildman–Crippen LogP) is 1.18. The summed E-state index contributed by atoms with van der Waals surface area (Å²) in [4.78, 5) is 12.5. The normalized spacial score (nSPS) is 10.7. The summed E-state index contributed by atoms with van der Waals surface area (Å²) in [6.45, 7) is 4.41. The van der Waals surface area contributed by atoms with Gasteiger partial charge >= 0.3 is 0 Å². The molecule has 0 bridgehead atoms. The van der Waals surface area contributed by atoms with E-state index in [1.807, 2.05) is 13.8 Å². The van der Waals surface area contributed by atoms with Crippen LogP contribution < -0.4 is 4.74 Å². The smallest absolute Gasteiger partial charge is 0.218 e. The van der Waals surface area contributed by atoms with Crippen molar-refractivity contribution in [3.63, 3.8) is 0 Å². The van der Waals surface area contributed by atoms with Gasteiger partial charge in [0, 0.05) is 19.3 Å². The Morgan fingerprint density at radius 1 is 1.39 bits per heavy atom. The van der Waals surface area contributed by atoms with Gasteiger partial charge in [0.15, 0.2) is 11.4 Å². The van der Waals surface area contributed by atoms with Gasteiger partial charge in [-0.3, -0.25) is 14.2 Å². The van der Waals surface area contributed by atoms with Crippen LogP contribution in [0, 0.1) is 6.92 Å². The quantitative estimate of drug-likeness (QED) is 0.762. The Bertz CT molecular complexity index is 561. The van der Waals surface area contributed by atoms with Crippen LogP contribution in [-0.2, 0) is 13.6 Å². The van der Waals surface area contributed by atoms with Crippen LogP contribution in [0.15, 0.2) is 12.4 Å². The van der Waals surface area contributed by atoms with Crippen molar-refractivity contribution in [3.8, 4) is 5.75 Å². The molecular formula is C12H16N4O2. The number of hydrogen-bond acceptors (Lipinski definition) is 4. The fraction of sp³-hybridized carbons (Fsp3) is 0.417. The van der Waals surface area contributed by atoms with Gasteiger partial charge < -0.3 is 4.74 Å². The Labute approximate surface area is 105 Å². The maximum atomic E-state index is 12.5. The third-order valence-corrected chi connectivity index (χ3v) is 3.02. The summed E-state index contributed by atoms with van der Waals surface area (Å²) >= 11 is 0. The van der Waals surface area contributed by atoms with E-state index < -0.39 is 0 Å². The molecule has 6 heteroatoms. The number of nitrogens with zero attached hydrogens (tertiary/aromatic N) is 4. The molecule has 0 spiro atoms. The zero-order valence-corrected chi connectivity index (χ0v) is 11.0. The first-order chi connectivity index (χ1) is 8.60. The van der Waals surface area contributed by atoms with Gasteiger partial charge in [0.2, 0.25) is 5.78 Å². The molecule has 2 rings (SSSR count). The first kappa shape index (κ1) is 12.3. The van der Waals surface area contributed by atoms with Crippen molar-refractivity contribution in [1.29, 1.82) is 0 Å². The summed E-state index contributed by atoms with van der Waals surface area (Å²) in [6.07, 6.45) is 3.13. The molecule has 0 saturated heterocycles. The van der Waals surface area contributed by atoms with Crippen molar-refractivity contribution in [3.05, 3.63) is 29.3 Å². The molecule has 18 heavy (non-hydrogen) atoms. The van der Waals surface area contributed by atoms with Crippen molar-refractivity contribution >= 4 is 5.78 Å². The van der Waals surface area contributed by atoms with E-state index in [-0.39, 0.29) is 5.78 Å². The van der Waals surface area contributed by atoms with E-state index in [0.29, 0.717) is 23.6 Å². The molecule has 0 unspecified atom stereocenters. The van der Waals surface area contributed by atoms with E-state index in [2.05, 4.69) is 10.2 Å². The van der Waals surface area contributed by atoms with Crippen LogP contribution in [-0.4, -0.2) is 32.5 Å². The highest BCUT2D eigenvalue weighted by Crippen LogP contribution is 2.22. The molecule has 0 radical (unpaired) electrons. The number of aromatic nitrogens is 4. The molecular weight excluding hydrogens is 232 g/mol. The molecule has 0 aliphatic heterocycles. The summed E-state index contributed by atoms with van der Waals surface area (Å²) in [5.74, 6) is 0.377. The minimum atomic E-state index is -0.114. The highest BCUT2D eigenvalue weighted by molar-refractivity contribution is 6.10. The Morgan fingerprint density at radius 2 is 2.11 bits per heavy atom. The van der Waals surface area contributed by atoms with Crippen LogP contribution in [0.1, 0.15) is 28.7 Å². The van der Waals surface area contributed by atoms with Crippen molar-refractivity contribution < 1.29 is 9.53 Å². The molecule has 0 saturated carbocycles.